The fraction of sp³-hybridized carbons (Fsp3) is 0.400. The van der Waals surface area contributed by atoms with Crippen molar-refractivity contribution in [1.82, 2.24) is 14.8 Å². The van der Waals surface area contributed by atoms with Gasteiger partial charge in [-0.1, -0.05) is 60.2 Å². The summed E-state index contributed by atoms with van der Waals surface area (Å²) in [5, 5.41) is 12.4. The Morgan fingerprint density at radius 3 is 2.43 bits per heavy atom. The van der Waals surface area contributed by atoms with E-state index in [9.17, 15) is 5.26 Å². The lowest BCUT2D eigenvalue weighted by Gasteiger charge is -2.21. The molecule has 42 heavy (non-hydrogen) atoms. The van der Waals surface area contributed by atoms with Crippen LogP contribution in [0.2, 0.25) is 0 Å². The molecule has 0 amide bonds. The van der Waals surface area contributed by atoms with Gasteiger partial charge in [0.05, 0.1) is 17.5 Å². The molecule has 6 N–H and O–H groups in total. The molecule has 0 saturated heterocycles. The number of thioether (sulfide) groups is 2. The van der Waals surface area contributed by atoms with Gasteiger partial charge in [0.2, 0.25) is 11.1 Å². The lowest BCUT2D eigenvalue weighted by molar-refractivity contribution is 0.340. The van der Waals surface area contributed by atoms with Crippen LogP contribution in [0.1, 0.15) is 40.5 Å². The monoisotopic (exact) mass is 623 g/mol. The Labute approximate surface area is 262 Å². The van der Waals surface area contributed by atoms with Crippen LogP contribution < -0.4 is 17.2 Å². The maximum absolute atomic E-state index is 9.55. The third-order valence-electron chi connectivity index (χ3n) is 6.33. The largest absolute Gasteiger partial charge is 0.370 e. The number of thiazole rings is 1. The highest BCUT2D eigenvalue weighted by molar-refractivity contribution is 7.99. The second-order valence-electron chi connectivity index (χ2n) is 9.78. The topological polar surface area (TPSA) is 146 Å². The Morgan fingerprint density at radius 1 is 1.00 bits per heavy atom. The minimum atomic E-state index is 0.00308. The predicted octanol–water partition coefficient (Wildman–Crippen LogP) is 4.92. The molecule has 3 aromatic rings. The minimum Gasteiger partial charge on any atom is -0.370 e. The summed E-state index contributed by atoms with van der Waals surface area (Å²) in [6.45, 7) is 5.19. The van der Waals surface area contributed by atoms with Crippen molar-refractivity contribution in [3.05, 3.63) is 82.4 Å². The van der Waals surface area contributed by atoms with E-state index >= 15 is 0 Å². The number of nitriles is 1. The van der Waals surface area contributed by atoms with E-state index in [1.54, 1.807) is 11.8 Å². The van der Waals surface area contributed by atoms with Gasteiger partial charge in [-0.2, -0.15) is 22.0 Å². The van der Waals surface area contributed by atoms with Crippen molar-refractivity contribution in [1.29, 1.82) is 5.26 Å². The average Bonchev–Trinajstić information content (AvgIpc) is 3.42. The Morgan fingerprint density at radius 2 is 1.71 bits per heavy atom. The molecule has 0 saturated carbocycles. The first-order valence-corrected chi connectivity index (χ1v) is 16.9. The van der Waals surface area contributed by atoms with Crippen LogP contribution in [0, 0.1) is 18.4 Å². The number of hydrogen-bond donors (Lipinski definition) is 3. The van der Waals surface area contributed by atoms with Crippen molar-refractivity contribution in [2.45, 2.75) is 30.8 Å². The quantitative estimate of drug-likeness (QED) is 0.0627. The smallest absolute Gasteiger partial charge is 0.212 e. The second-order valence-corrected chi connectivity index (χ2v) is 12.9. The number of hydrogen-bond acceptors (Lipinski definition) is 8. The summed E-state index contributed by atoms with van der Waals surface area (Å²) in [7, 11) is 2.16. The second kappa shape index (κ2) is 18.3. The van der Waals surface area contributed by atoms with Crippen LogP contribution in [0.4, 0.5) is 5.13 Å². The molecule has 1 atom stereocenters. The van der Waals surface area contributed by atoms with Crippen LogP contribution in [-0.4, -0.2) is 71.4 Å². The fourth-order valence-corrected chi connectivity index (χ4v) is 6.96. The SMILES string of the molecule is Cc1ccc(C(SCCN(C)CCCCN(C#N)C(N)=NCCSCc2csc(N=C(N)N)n2)c2ccccc2)cc1. The molecule has 0 aliphatic heterocycles. The van der Waals surface area contributed by atoms with Gasteiger partial charge in [-0.3, -0.25) is 4.99 Å². The summed E-state index contributed by atoms with van der Waals surface area (Å²) in [4.78, 5) is 16.5. The molecule has 2 aromatic carbocycles. The highest BCUT2D eigenvalue weighted by Gasteiger charge is 2.15. The molecule has 3 rings (SSSR count). The number of nitrogens with zero attached hydrogens (tertiary/aromatic N) is 6. The first kappa shape index (κ1) is 33.3. The van der Waals surface area contributed by atoms with E-state index in [0.29, 0.717) is 23.5 Å². The molecular weight excluding hydrogens is 583 g/mol. The molecule has 1 heterocycles. The van der Waals surface area contributed by atoms with E-state index in [4.69, 9.17) is 17.2 Å². The highest BCUT2D eigenvalue weighted by atomic mass is 32.2. The maximum atomic E-state index is 9.55. The maximum Gasteiger partial charge on any atom is 0.212 e. The normalized spacial score (nSPS) is 12.2. The fourth-order valence-electron chi connectivity index (χ4n) is 4.07. The average molecular weight is 624 g/mol. The van der Waals surface area contributed by atoms with Gasteiger partial charge in [-0.25, -0.2) is 9.88 Å². The Hall–Kier alpha value is -3.24. The Balaban J connectivity index is 1.32. The molecular formula is C30H41N9S3. The van der Waals surface area contributed by atoms with E-state index in [0.717, 1.165) is 48.9 Å². The predicted molar refractivity (Wildman–Crippen MR) is 181 cm³/mol. The van der Waals surface area contributed by atoms with E-state index in [-0.39, 0.29) is 11.9 Å². The number of benzene rings is 2. The van der Waals surface area contributed by atoms with Gasteiger partial charge < -0.3 is 22.1 Å². The molecule has 12 heteroatoms. The number of guanidine groups is 2. The van der Waals surface area contributed by atoms with E-state index in [1.165, 1.54) is 32.9 Å². The zero-order valence-electron chi connectivity index (χ0n) is 24.4. The number of aromatic nitrogens is 1. The first-order valence-electron chi connectivity index (χ1n) is 13.9. The van der Waals surface area contributed by atoms with Crippen molar-refractivity contribution in [3.63, 3.8) is 0 Å². The molecule has 9 nitrogen and oxygen atoms in total. The third-order valence-corrected chi connectivity index (χ3v) is 9.38. The summed E-state index contributed by atoms with van der Waals surface area (Å²) in [5.74, 6) is 2.82. The van der Waals surface area contributed by atoms with Gasteiger partial charge in [-0.05, 0) is 44.5 Å². The van der Waals surface area contributed by atoms with Gasteiger partial charge in [-0.15, -0.1) is 23.1 Å². The molecule has 0 radical (unpaired) electrons. The van der Waals surface area contributed by atoms with E-state index < -0.39 is 0 Å². The van der Waals surface area contributed by atoms with Crippen LogP contribution in [0.15, 0.2) is 70.0 Å². The van der Waals surface area contributed by atoms with Crippen molar-refractivity contribution in [2.24, 2.45) is 27.2 Å². The number of aryl methyl sites for hydroxylation is 1. The standard InChI is InChI=1S/C30H41N9S3/c1-23-10-12-25(13-11-23)27(24-8-4-3-5-9-24)41-19-17-38(2)15-6-7-16-39(22-31)29(34)35-14-18-40-20-26-21-42-30(36-26)37-28(32)33/h3-5,8-13,21,27H,6-7,14-20H2,1-2H3,(H2,34,35)(H4,32,33,36,37). The van der Waals surface area contributed by atoms with Gasteiger partial charge in [0.1, 0.15) is 0 Å². The van der Waals surface area contributed by atoms with Crippen LogP contribution in [0.3, 0.4) is 0 Å². The van der Waals surface area contributed by atoms with Gasteiger partial charge >= 0.3 is 0 Å². The molecule has 0 aliphatic rings. The molecule has 0 spiro atoms. The van der Waals surface area contributed by atoms with Crippen molar-refractivity contribution in [3.8, 4) is 6.19 Å². The molecule has 224 valence electrons. The lowest BCUT2D eigenvalue weighted by atomic mass is 10.0. The summed E-state index contributed by atoms with van der Waals surface area (Å²) < 4.78 is 0. The zero-order chi connectivity index (χ0) is 30.2. The van der Waals surface area contributed by atoms with Crippen molar-refractivity contribution in [2.75, 3.05) is 44.7 Å². The van der Waals surface area contributed by atoms with Crippen LogP contribution in [-0.2, 0) is 5.75 Å². The Bertz CT molecular complexity index is 1300. The molecule has 1 unspecified atom stereocenters. The summed E-state index contributed by atoms with van der Waals surface area (Å²) in [5.41, 5.74) is 21.7. The zero-order valence-corrected chi connectivity index (χ0v) is 26.8. The number of rotatable bonds is 17. The number of unbranched alkanes of at least 4 members (excludes halogenated alkanes) is 1. The Kier molecular flexibility index (Phi) is 14.5. The van der Waals surface area contributed by atoms with Crippen molar-refractivity contribution >= 4 is 51.9 Å². The van der Waals surface area contributed by atoms with E-state index in [1.807, 2.05) is 17.1 Å². The highest BCUT2D eigenvalue weighted by Crippen LogP contribution is 2.35. The van der Waals surface area contributed by atoms with E-state index in [2.05, 4.69) is 94.6 Å². The number of nitrogens with two attached hydrogens (primary N) is 3. The van der Waals surface area contributed by atoms with Crippen LogP contribution in [0.25, 0.3) is 0 Å². The number of aliphatic imine (C=N–C) groups is 2. The molecule has 0 fully saturated rings. The molecule has 0 aliphatic carbocycles. The molecule has 1 aromatic heterocycles. The van der Waals surface area contributed by atoms with Gasteiger partial charge in [0, 0.05) is 35.7 Å². The summed E-state index contributed by atoms with van der Waals surface area (Å²) in [6, 6.07) is 19.6. The first-order chi connectivity index (χ1) is 20.4. The summed E-state index contributed by atoms with van der Waals surface area (Å²) >= 11 is 5.08. The van der Waals surface area contributed by atoms with Crippen molar-refractivity contribution < 1.29 is 0 Å². The summed E-state index contributed by atoms with van der Waals surface area (Å²) in [6.07, 6.45) is 4.02. The van der Waals surface area contributed by atoms with Crippen LogP contribution >= 0.6 is 34.9 Å². The molecule has 0 bridgehead atoms. The minimum absolute atomic E-state index is 0.00308. The third kappa shape index (κ3) is 11.9. The lowest BCUT2D eigenvalue weighted by Crippen LogP contribution is -2.35. The van der Waals surface area contributed by atoms with Gasteiger partial charge in [0.25, 0.3) is 0 Å². The van der Waals surface area contributed by atoms with Crippen LogP contribution in [0.5, 0.6) is 0 Å². The van der Waals surface area contributed by atoms with Gasteiger partial charge in [0.15, 0.2) is 12.2 Å².